The summed E-state index contributed by atoms with van der Waals surface area (Å²) in [6.45, 7) is 12.6. The molecule has 1 fully saturated rings. The predicted octanol–water partition coefficient (Wildman–Crippen LogP) is 4.83. The van der Waals surface area contributed by atoms with Crippen molar-refractivity contribution in [1.29, 1.82) is 0 Å². The fourth-order valence-electron chi connectivity index (χ4n) is 2.71. The molecule has 0 amide bonds. The van der Waals surface area contributed by atoms with E-state index in [1.54, 1.807) is 17.4 Å². The number of rotatable bonds is 3. The molecule has 0 unspecified atom stereocenters. The molecule has 3 nitrogen and oxygen atoms in total. The summed E-state index contributed by atoms with van der Waals surface area (Å²) in [5, 5.41) is 1.13. The van der Waals surface area contributed by atoms with Gasteiger partial charge in [-0.25, -0.2) is 9.24 Å². The standard InChI is InChI=1S/C17H16ClFN2OS/c1-11-13(9-12-3-4-14(18)15(19)10-12)16(20-2)17(23-11)21-5-7-22-8-6-21/h3-4,10H,5-9H2,1H3. The molecule has 3 rings (SSSR count). The number of halogens is 2. The molecule has 6 heteroatoms. The van der Waals surface area contributed by atoms with Crippen LogP contribution in [0.1, 0.15) is 16.0 Å². The summed E-state index contributed by atoms with van der Waals surface area (Å²) in [7, 11) is 0. The molecule has 0 atom stereocenters. The zero-order chi connectivity index (χ0) is 16.4. The molecular weight excluding hydrogens is 335 g/mol. The molecule has 1 aliphatic rings. The third-order valence-electron chi connectivity index (χ3n) is 3.94. The lowest BCUT2D eigenvalue weighted by atomic mass is 10.0. The van der Waals surface area contributed by atoms with Crippen LogP contribution in [0.3, 0.4) is 0 Å². The topological polar surface area (TPSA) is 16.8 Å². The second kappa shape index (κ2) is 6.88. The molecule has 23 heavy (non-hydrogen) atoms. The number of thiophene rings is 1. The molecular formula is C17H16ClFN2OS. The molecule has 1 saturated heterocycles. The summed E-state index contributed by atoms with van der Waals surface area (Å²) in [6.07, 6.45) is 0.540. The van der Waals surface area contributed by atoms with E-state index in [0.29, 0.717) is 25.3 Å². The highest BCUT2D eigenvalue weighted by atomic mass is 35.5. The lowest BCUT2D eigenvalue weighted by molar-refractivity contribution is 0.123. The zero-order valence-electron chi connectivity index (χ0n) is 12.7. The van der Waals surface area contributed by atoms with Gasteiger partial charge in [0.05, 0.1) is 29.8 Å². The van der Waals surface area contributed by atoms with E-state index in [9.17, 15) is 4.39 Å². The number of nitrogens with zero attached hydrogens (tertiary/aromatic N) is 2. The van der Waals surface area contributed by atoms with E-state index in [0.717, 1.165) is 34.1 Å². The van der Waals surface area contributed by atoms with Gasteiger partial charge in [0.15, 0.2) is 0 Å². The van der Waals surface area contributed by atoms with Gasteiger partial charge in [0.25, 0.3) is 0 Å². The highest BCUT2D eigenvalue weighted by Crippen LogP contribution is 2.43. The van der Waals surface area contributed by atoms with Gasteiger partial charge in [-0.1, -0.05) is 17.7 Å². The number of ether oxygens (including phenoxy) is 1. The third kappa shape index (κ3) is 3.35. The Kier molecular flexibility index (Phi) is 4.86. The van der Waals surface area contributed by atoms with E-state index in [-0.39, 0.29) is 5.02 Å². The molecule has 2 heterocycles. The average molecular weight is 351 g/mol. The summed E-state index contributed by atoms with van der Waals surface area (Å²) in [5.74, 6) is -0.421. The number of hydrogen-bond donors (Lipinski definition) is 0. The van der Waals surface area contributed by atoms with Crippen molar-refractivity contribution in [3.8, 4) is 0 Å². The Bertz CT molecular complexity index is 763. The Morgan fingerprint density at radius 2 is 2.13 bits per heavy atom. The van der Waals surface area contributed by atoms with Gasteiger partial charge < -0.3 is 9.64 Å². The molecule has 2 aromatic rings. The van der Waals surface area contributed by atoms with E-state index < -0.39 is 5.82 Å². The van der Waals surface area contributed by atoms with Crippen molar-refractivity contribution in [2.75, 3.05) is 31.2 Å². The first-order valence-corrected chi connectivity index (χ1v) is 8.56. The van der Waals surface area contributed by atoms with Gasteiger partial charge >= 0.3 is 0 Å². The lowest BCUT2D eigenvalue weighted by Gasteiger charge is -2.28. The summed E-state index contributed by atoms with van der Waals surface area (Å²) >= 11 is 7.37. The van der Waals surface area contributed by atoms with Gasteiger partial charge in [0, 0.05) is 13.1 Å². The van der Waals surface area contributed by atoms with E-state index in [1.807, 2.05) is 13.0 Å². The second-order valence-corrected chi connectivity index (χ2v) is 7.04. The maximum absolute atomic E-state index is 13.6. The zero-order valence-corrected chi connectivity index (χ0v) is 14.3. The Morgan fingerprint density at radius 1 is 1.39 bits per heavy atom. The van der Waals surface area contributed by atoms with Crippen molar-refractivity contribution in [1.82, 2.24) is 0 Å². The minimum absolute atomic E-state index is 0.121. The fourth-order valence-corrected chi connectivity index (χ4v) is 3.99. The molecule has 0 saturated carbocycles. The minimum atomic E-state index is -0.421. The van der Waals surface area contributed by atoms with E-state index in [2.05, 4.69) is 9.74 Å². The number of morpholine rings is 1. The van der Waals surface area contributed by atoms with Crippen LogP contribution in [0.4, 0.5) is 15.1 Å². The highest BCUT2D eigenvalue weighted by Gasteiger charge is 2.22. The first-order chi connectivity index (χ1) is 11.1. The summed E-state index contributed by atoms with van der Waals surface area (Å²) in [6, 6.07) is 4.82. The van der Waals surface area contributed by atoms with Gasteiger partial charge in [-0.3, -0.25) is 0 Å². The van der Waals surface area contributed by atoms with Gasteiger partial charge in [-0.15, -0.1) is 11.3 Å². The van der Waals surface area contributed by atoms with Crippen molar-refractivity contribution >= 4 is 33.6 Å². The van der Waals surface area contributed by atoms with E-state index in [4.69, 9.17) is 22.9 Å². The van der Waals surface area contributed by atoms with Crippen LogP contribution in [0.2, 0.25) is 5.02 Å². The van der Waals surface area contributed by atoms with Crippen LogP contribution in [0.5, 0.6) is 0 Å². The number of aryl methyl sites for hydroxylation is 1. The monoisotopic (exact) mass is 350 g/mol. The van der Waals surface area contributed by atoms with Crippen LogP contribution in [-0.2, 0) is 11.2 Å². The van der Waals surface area contributed by atoms with Crippen LogP contribution in [0.25, 0.3) is 4.85 Å². The number of anilines is 1. The van der Waals surface area contributed by atoms with Crippen molar-refractivity contribution in [3.63, 3.8) is 0 Å². The van der Waals surface area contributed by atoms with Gasteiger partial charge in [-0.2, -0.15) is 0 Å². The van der Waals surface area contributed by atoms with Gasteiger partial charge in [-0.05, 0) is 41.5 Å². The van der Waals surface area contributed by atoms with Crippen LogP contribution in [0, 0.1) is 19.3 Å². The maximum Gasteiger partial charge on any atom is 0.224 e. The highest BCUT2D eigenvalue weighted by molar-refractivity contribution is 7.17. The predicted molar refractivity (Wildman–Crippen MR) is 92.6 cm³/mol. The first-order valence-electron chi connectivity index (χ1n) is 7.36. The number of benzene rings is 1. The van der Waals surface area contributed by atoms with E-state index >= 15 is 0 Å². The quantitative estimate of drug-likeness (QED) is 0.737. The molecule has 0 spiro atoms. The molecule has 1 aromatic heterocycles. The Morgan fingerprint density at radius 3 is 2.78 bits per heavy atom. The largest absolute Gasteiger partial charge is 0.378 e. The lowest BCUT2D eigenvalue weighted by Crippen LogP contribution is -2.35. The SMILES string of the molecule is [C-]#[N+]c1c(N2CCOCC2)sc(C)c1Cc1ccc(Cl)c(F)c1. The Balaban J connectivity index is 1.94. The fraction of sp³-hybridized carbons (Fsp3) is 0.353. The minimum Gasteiger partial charge on any atom is -0.378 e. The van der Waals surface area contributed by atoms with Gasteiger partial charge in [0.1, 0.15) is 5.82 Å². The first kappa shape index (κ1) is 16.3. The molecule has 0 N–H and O–H groups in total. The second-order valence-electron chi connectivity index (χ2n) is 5.43. The molecule has 1 aromatic carbocycles. The third-order valence-corrected chi connectivity index (χ3v) is 5.44. The molecule has 0 radical (unpaired) electrons. The molecule has 120 valence electrons. The maximum atomic E-state index is 13.6. The number of hydrogen-bond acceptors (Lipinski definition) is 3. The summed E-state index contributed by atoms with van der Waals surface area (Å²) in [4.78, 5) is 7.07. The van der Waals surface area contributed by atoms with Crippen LogP contribution >= 0.6 is 22.9 Å². The van der Waals surface area contributed by atoms with Crippen LogP contribution in [0.15, 0.2) is 18.2 Å². The smallest absolute Gasteiger partial charge is 0.224 e. The normalized spacial score (nSPS) is 14.8. The van der Waals surface area contributed by atoms with Crippen molar-refractivity contribution < 1.29 is 9.13 Å². The average Bonchev–Trinajstić information content (AvgIpc) is 2.88. The molecule has 0 bridgehead atoms. The van der Waals surface area contributed by atoms with Crippen molar-refractivity contribution in [2.24, 2.45) is 0 Å². The van der Waals surface area contributed by atoms with Crippen LogP contribution in [-0.4, -0.2) is 26.3 Å². The summed E-state index contributed by atoms with van der Waals surface area (Å²) < 4.78 is 19.0. The van der Waals surface area contributed by atoms with Crippen molar-refractivity contribution in [3.05, 3.63) is 56.5 Å². The van der Waals surface area contributed by atoms with Gasteiger partial charge in [0.2, 0.25) is 5.69 Å². The Labute approximate surface area is 144 Å². The van der Waals surface area contributed by atoms with E-state index in [1.165, 1.54) is 6.07 Å². The molecule has 0 aliphatic carbocycles. The van der Waals surface area contributed by atoms with Crippen molar-refractivity contribution in [2.45, 2.75) is 13.3 Å². The summed E-state index contributed by atoms with van der Waals surface area (Å²) in [5.41, 5.74) is 2.49. The van der Waals surface area contributed by atoms with Crippen LogP contribution < -0.4 is 4.90 Å². The Hall–Kier alpha value is -1.61. The molecule has 1 aliphatic heterocycles.